The Morgan fingerprint density at radius 1 is 0.657 bits per heavy atom. The van der Waals surface area contributed by atoms with Gasteiger partial charge in [-0.2, -0.15) is 0 Å². The molecule has 0 aliphatic heterocycles. The van der Waals surface area contributed by atoms with Crippen LogP contribution in [0.4, 0.5) is 0 Å². The standard InChI is InChI=1S/C31H61NO3/c1-3-5-7-9-11-13-15-16-17-18-20-22-24-26-31(35)32(28-30(34)29-33)27-25-23-21-19-14-12-10-8-6-4-2/h12,14,30,33-34H,3-11,13,15-29H2,1-2H3/b14-12+. The lowest BCUT2D eigenvalue weighted by Crippen LogP contribution is -2.39. The molecule has 0 rings (SSSR count). The van der Waals surface area contributed by atoms with Crippen LogP contribution in [0.2, 0.25) is 0 Å². The minimum atomic E-state index is -0.836. The van der Waals surface area contributed by atoms with Crippen molar-refractivity contribution in [3.8, 4) is 0 Å². The number of hydrogen-bond acceptors (Lipinski definition) is 3. The lowest BCUT2D eigenvalue weighted by atomic mass is 10.0. The van der Waals surface area contributed by atoms with Crippen LogP contribution in [0.5, 0.6) is 0 Å². The van der Waals surface area contributed by atoms with Gasteiger partial charge in [-0.25, -0.2) is 0 Å². The van der Waals surface area contributed by atoms with Gasteiger partial charge in [0, 0.05) is 19.5 Å². The van der Waals surface area contributed by atoms with Crippen molar-refractivity contribution in [3.05, 3.63) is 12.2 Å². The summed E-state index contributed by atoms with van der Waals surface area (Å²) in [5.41, 5.74) is 0. The molecule has 0 saturated carbocycles. The molecule has 2 N–H and O–H groups in total. The van der Waals surface area contributed by atoms with Gasteiger partial charge >= 0.3 is 0 Å². The molecule has 0 aliphatic carbocycles. The van der Waals surface area contributed by atoms with E-state index in [0.29, 0.717) is 13.0 Å². The smallest absolute Gasteiger partial charge is 0.222 e. The van der Waals surface area contributed by atoms with Gasteiger partial charge in [-0.15, -0.1) is 0 Å². The van der Waals surface area contributed by atoms with Crippen molar-refractivity contribution in [2.75, 3.05) is 19.7 Å². The van der Waals surface area contributed by atoms with Gasteiger partial charge in [0.05, 0.1) is 12.7 Å². The first-order valence-corrected chi connectivity index (χ1v) is 15.4. The fourth-order valence-corrected chi connectivity index (χ4v) is 4.57. The predicted molar refractivity (Wildman–Crippen MR) is 152 cm³/mol. The van der Waals surface area contributed by atoms with Crippen molar-refractivity contribution in [1.82, 2.24) is 4.90 Å². The van der Waals surface area contributed by atoms with Crippen LogP contribution in [-0.4, -0.2) is 46.8 Å². The molecule has 0 heterocycles. The van der Waals surface area contributed by atoms with Crippen LogP contribution in [0.1, 0.15) is 155 Å². The van der Waals surface area contributed by atoms with Crippen molar-refractivity contribution >= 4 is 5.91 Å². The maximum atomic E-state index is 12.7. The molecule has 1 amide bonds. The largest absolute Gasteiger partial charge is 0.394 e. The first kappa shape index (κ1) is 34.1. The van der Waals surface area contributed by atoms with E-state index in [9.17, 15) is 15.0 Å². The van der Waals surface area contributed by atoms with E-state index in [1.807, 2.05) is 0 Å². The summed E-state index contributed by atoms with van der Waals surface area (Å²) in [5.74, 6) is 0.136. The van der Waals surface area contributed by atoms with Crippen LogP contribution in [-0.2, 0) is 4.79 Å². The molecule has 0 radical (unpaired) electrons. The van der Waals surface area contributed by atoms with Gasteiger partial charge < -0.3 is 15.1 Å². The zero-order valence-corrected chi connectivity index (χ0v) is 23.7. The van der Waals surface area contributed by atoms with E-state index < -0.39 is 6.10 Å². The lowest BCUT2D eigenvalue weighted by molar-refractivity contribution is -0.133. The van der Waals surface area contributed by atoms with Gasteiger partial charge in [0.25, 0.3) is 0 Å². The monoisotopic (exact) mass is 495 g/mol. The lowest BCUT2D eigenvalue weighted by Gasteiger charge is -2.25. The number of hydrogen-bond donors (Lipinski definition) is 2. The summed E-state index contributed by atoms with van der Waals surface area (Å²) in [6.45, 7) is 5.16. The molecule has 0 aliphatic rings. The molecule has 1 unspecified atom stereocenters. The van der Waals surface area contributed by atoms with E-state index in [-0.39, 0.29) is 19.1 Å². The third-order valence-corrected chi connectivity index (χ3v) is 6.93. The third kappa shape index (κ3) is 24.6. The second-order valence-corrected chi connectivity index (χ2v) is 10.5. The first-order chi connectivity index (χ1) is 17.2. The Morgan fingerprint density at radius 2 is 1.09 bits per heavy atom. The summed E-state index contributed by atoms with van der Waals surface area (Å²) in [7, 11) is 0. The quantitative estimate of drug-likeness (QED) is 0.0889. The average Bonchev–Trinajstić information content (AvgIpc) is 2.86. The van der Waals surface area contributed by atoms with Crippen LogP contribution in [0.3, 0.4) is 0 Å². The van der Waals surface area contributed by atoms with E-state index >= 15 is 0 Å². The van der Waals surface area contributed by atoms with Crippen molar-refractivity contribution in [2.24, 2.45) is 0 Å². The highest BCUT2D eigenvalue weighted by molar-refractivity contribution is 5.76. The predicted octanol–water partition coefficient (Wildman–Crippen LogP) is 8.35. The number of aliphatic hydroxyl groups is 2. The highest BCUT2D eigenvalue weighted by Gasteiger charge is 2.16. The summed E-state index contributed by atoms with van der Waals surface area (Å²) in [6.07, 6.45) is 30.6. The molecule has 35 heavy (non-hydrogen) atoms. The molecule has 0 fully saturated rings. The number of nitrogens with zero attached hydrogens (tertiary/aromatic N) is 1. The van der Waals surface area contributed by atoms with Crippen LogP contribution in [0.25, 0.3) is 0 Å². The molecule has 0 aromatic carbocycles. The van der Waals surface area contributed by atoms with Gasteiger partial charge in [-0.05, 0) is 38.5 Å². The number of carbonyl (C=O) groups excluding carboxylic acids is 1. The molecule has 0 aromatic rings. The summed E-state index contributed by atoms with van der Waals surface area (Å²) >= 11 is 0. The van der Waals surface area contributed by atoms with Crippen molar-refractivity contribution in [3.63, 3.8) is 0 Å². The fourth-order valence-electron chi connectivity index (χ4n) is 4.57. The summed E-state index contributed by atoms with van der Waals surface area (Å²) in [5, 5.41) is 19.1. The Labute approximate surface area is 219 Å². The molecule has 208 valence electrons. The zero-order chi connectivity index (χ0) is 25.8. The number of amides is 1. The van der Waals surface area contributed by atoms with Crippen molar-refractivity contribution in [1.29, 1.82) is 0 Å². The molecule has 0 spiro atoms. The maximum absolute atomic E-state index is 12.7. The second-order valence-electron chi connectivity index (χ2n) is 10.5. The van der Waals surface area contributed by atoms with Gasteiger partial charge in [0.1, 0.15) is 0 Å². The second kappa shape index (κ2) is 27.7. The molecular formula is C31H61NO3. The molecule has 0 aromatic heterocycles. The number of allylic oxidation sites excluding steroid dienone is 2. The molecular weight excluding hydrogens is 434 g/mol. The van der Waals surface area contributed by atoms with Crippen LogP contribution >= 0.6 is 0 Å². The van der Waals surface area contributed by atoms with Crippen molar-refractivity contribution in [2.45, 2.75) is 161 Å². The molecule has 4 nitrogen and oxygen atoms in total. The number of rotatable bonds is 27. The topological polar surface area (TPSA) is 60.8 Å². The third-order valence-electron chi connectivity index (χ3n) is 6.93. The van der Waals surface area contributed by atoms with Gasteiger partial charge in [-0.3, -0.25) is 4.79 Å². The van der Waals surface area contributed by atoms with E-state index in [2.05, 4.69) is 26.0 Å². The Morgan fingerprint density at radius 3 is 1.60 bits per heavy atom. The highest BCUT2D eigenvalue weighted by atomic mass is 16.3. The SMILES string of the molecule is CCCCC/C=C/CCCCCN(CC(O)CO)C(=O)CCCCCCCCCCCCCCC. The average molecular weight is 496 g/mol. The number of unbranched alkanes of at least 4 members (excludes halogenated alkanes) is 18. The molecule has 0 saturated heterocycles. The van der Waals surface area contributed by atoms with Gasteiger partial charge in [-0.1, -0.05) is 122 Å². The zero-order valence-electron chi connectivity index (χ0n) is 23.7. The number of aliphatic hydroxyl groups excluding tert-OH is 2. The minimum Gasteiger partial charge on any atom is -0.394 e. The molecule has 0 bridgehead atoms. The Balaban J connectivity index is 3.84. The molecule has 4 heteroatoms. The summed E-state index contributed by atoms with van der Waals surface area (Å²) in [4.78, 5) is 14.5. The van der Waals surface area contributed by atoms with Crippen LogP contribution in [0.15, 0.2) is 12.2 Å². The highest BCUT2D eigenvalue weighted by Crippen LogP contribution is 2.14. The van der Waals surface area contributed by atoms with E-state index in [0.717, 1.165) is 38.5 Å². The van der Waals surface area contributed by atoms with E-state index in [1.165, 1.54) is 96.3 Å². The van der Waals surface area contributed by atoms with Crippen LogP contribution in [0, 0.1) is 0 Å². The Hall–Kier alpha value is -0.870. The van der Waals surface area contributed by atoms with Crippen LogP contribution < -0.4 is 0 Å². The summed E-state index contributed by atoms with van der Waals surface area (Å²) in [6, 6.07) is 0. The Bertz CT molecular complexity index is 466. The number of carbonyl (C=O) groups is 1. The van der Waals surface area contributed by atoms with Gasteiger partial charge in [0.2, 0.25) is 5.91 Å². The Kier molecular flexibility index (Phi) is 27.0. The van der Waals surface area contributed by atoms with Gasteiger partial charge in [0.15, 0.2) is 0 Å². The molecule has 1 atom stereocenters. The summed E-state index contributed by atoms with van der Waals surface area (Å²) < 4.78 is 0. The minimum absolute atomic E-state index is 0.136. The van der Waals surface area contributed by atoms with E-state index in [4.69, 9.17) is 0 Å². The fraction of sp³-hybridized carbons (Fsp3) is 0.903. The maximum Gasteiger partial charge on any atom is 0.222 e. The van der Waals surface area contributed by atoms with Crippen molar-refractivity contribution < 1.29 is 15.0 Å². The first-order valence-electron chi connectivity index (χ1n) is 15.4. The normalized spacial score (nSPS) is 12.5. The van der Waals surface area contributed by atoms with E-state index in [1.54, 1.807) is 4.90 Å².